The molecule has 1 saturated heterocycles. The molecule has 1 fully saturated rings. The molecular weight excluding hydrogens is 354 g/mol. The van der Waals surface area contributed by atoms with Crippen LogP contribution in [0.3, 0.4) is 0 Å². The second-order valence-corrected chi connectivity index (χ2v) is 6.69. The maximum absolute atomic E-state index is 11.8. The van der Waals surface area contributed by atoms with Gasteiger partial charge in [0, 0.05) is 44.1 Å². The van der Waals surface area contributed by atoms with Crippen molar-refractivity contribution in [1.29, 1.82) is 0 Å². The Hall–Kier alpha value is -2.93. The molecule has 1 atom stereocenters. The second kappa shape index (κ2) is 9.85. The van der Waals surface area contributed by atoms with Crippen molar-refractivity contribution in [2.75, 3.05) is 24.5 Å². The van der Waals surface area contributed by atoms with Gasteiger partial charge in [-0.25, -0.2) is 4.99 Å². The first-order valence-electron chi connectivity index (χ1n) is 9.67. The van der Waals surface area contributed by atoms with Gasteiger partial charge in [-0.2, -0.15) is 0 Å². The second-order valence-electron chi connectivity index (χ2n) is 6.69. The van der Waals surface area contributed by atoms with E-state index >= 15 is 0 Å². The van der Waals surface area contributed by atoms with Gasteiger partial charge >= 0.3 is 0 Å². The van der Waals surface area contributed by atoms with E-state index in [1.54, 1.807) is 24.5 Å². The average molecular weight is 381 g/mol. The summed E-state index contributed by atoms with van der Waals surface area (Å²) in [5.74, 6) is 0.839. The van der Waals surface area contributed by atoms with E-state index in [4.69, 9.17) is 0 Å². The normalized spacial score (nSPS) is 15.6. The SMILES string of the molecule is CCNC(=NCc1ccc(N2CCCC2=O)cc1)NCC(O)c1ccncc1. The third-order valence-electron chi connectivity index (χ3n) is 4.64. The molecule has 1 aliphatic heterocycles. The van der Waals surface area contributed by atoms with Gasteiger partial charge < -0.3 is 20.6 Å². The first kappa shape index (κ1) is 19.8. The maximum atomic E-state index is 11.8. The quantitative estimate of drug-likeness (QED) is 0.504. The van der Waals surface area contributed by atoms with E-state index in [0.29, 0.717) is 25.5 Å². The molecular formula is C21H27N5O2. The molecule has 1 amide bonds. The zero-order valence-corrected chi connectivity index (χ0v) is 16.1. The van der Waals surface area contributed by atoms with Crippen molar-refractivity contribution in [3.05, 3.63) is 59.9 Å². The molecule has 3 rings (SSSR count). The molecule has 7 heteroatoms. The average Bonchev–Trinajstić information content (AvgIpc) is 3.16. The number of rotatable bonds is 7. The number of anilines is 1. The van der Waals surface area contributed by atoms with Crippen LogP contribution in [0.4, 0.5) is 5.69 Å². The predicted octanol–water partition coefficient (Wildman–Crippen LogP) is 2.00. The predicted molar refractivity (Wildman–Crippen MR) is 110 cm³/mol. The number of benzene rings is 1. The van der Waals surface area contributed by atoms with Crippen molar-refractivity contribution in [2.45, 2.75) is 32.4 Å². The summed E-state index contributed by atoms with van der Waals surface area (Å²) >= 11 is 0. The summed E-state index contributed by atoms with van der Waals surface area (Å²) in [6.45, 7) is 4.39. The van der Waals surface area contributed by atoms with Crippen molar-refractivity contribution in [1.82, 2.24) is 15.6 Å². The van der Waals surface area contributed by atoms with Gasteiger partial charge in [0.1, 0.15) is 0 Å². The fraction of sp³-hybridized carbons (Fsp3) is 0.381. The number of aromatic nitrogens is 1. The lowest BCUT2D eigenvalue weighted by Gasteiger charge is -2.16. The van der Waals surface area contributed by atoms with Crippen molar-refractivity contribution < 1.29 is 9.90 Å². The van der Waals surface area contributed by atoms with Crippen molar-refractivity contribution in [3.63, 3.8) is 0 Å². The molecule has 0 radical (unpaired) electrons. The summed E-state index contributed by atoms with van der Waals surface area (Å²) in [6.07, 6.45) is 4.25. The lowest BCUT2D eigenvalue weighted by atomic mass is 10.1. The summed E-state index contributed by atoms with van der Waals surface area (Å²) in [7, 11) is 0. The van der Waals surface area contributed by atoms with Gasteiger partial charge in [-0.15, -0.1) is 0 Å². The van der Waals surface area contributed by atoms with Crippen LogP contribution >= 0.6 is 0 Å². The molecule has 0 bridgehead atoms. The van der Waals surface area contributed by atoms with E-state index in [-0.39, 0.29) is 5.91 Å². The molecule has 0 aliphatic carbocycles. The fourth-order valence-corrected chi connectivity index (χ4v) is 3.11. The molecule has 2 heterocycles. The van der Waals surface area contributed by atoms with Crippen LogP contribution in [-0.4, -0.2) is 41.6 Å². The Kier molecular flexibility index (Phi) is 6.97. The van der Waals surface area contributed by atoms with Crippen molar-refractivity contribution in [3.8, 4) is 0 Å². The highest BCUT2D eigenvalue weighted by atomic mass is 16.3. The molecule has 1 unspecified atom stereocenters. The number of carbonyl (C=O) groups excluding carboxylic acids is 1. The third-order valence-corrected chi connectivity index (χ3v) is 4.64. The molecule has 0 saturated carbocycles. The number of carbonyl (C=O) groups is 1. The lowest BCUT2D eigenvalue weighted by molar-refractivity contribution is -0.117. The number of nitrogens with zero attached hydrogens (tertiary/aromatic N) is 3. The highest BCUT2D eigenvalue weighted by molar-refractivity contribution is 5.95. The Bertz CT molecular complexity index is 792. The Morgan fingerprint density at radius 2 is 1.96 bits per heavy atom. The first-order chi connectivity index (χ1) is 13.7. The largest absolute Gasteiger partial charge is 0.387 e. The molecule has 7 nitrogen and oxygen atoms in total. The number of hydrogen-bond donors (Lipinski definition) is 3. The van der Waals surface area contributed by atoms with Crippen LogP contribution in [-0.2, 0) is 11.3 Å². The number of pyridine rings is 1. The molecule has 148 valence electrons. The number of guanidine groups is 1. The van der Waals surface area contributed by atoms with Crippen LogP contribution in [0, 0.1) is 0 Å². The number of aliphatic imine (C=N–C) groups is 1. The minimum Gasteiger partial charge on any atom is -0.387 e. The minimum atomic E-state index is -0.635. The molecule has 1 aromatic heterocycles. The van der Waals surface area contributed by atoms with E-state index < -0.39 is 6.10 Å². The molecule has 3 N–H and O–H groups in total. The van der Waals surface area contributed by atoms with Crippen molar-refractivity contribution >= 4 is 17.6 Å². The third kappa shape index (κ3) is 5.29. The van der Waals surface area contributed by atoms with E-state index in [1.807, 2.05) is 36.1 Å². The van der Waals surface area contributed by atoms with Gasteiger partial charge in [0.15, 0.2) is 5.96 Å². The maximum Gasteiger partial charge on any atom is 0.227 e. The lowest BCUT2D eigenvalue weighted by Crippen LogP contribution is -2.39. The van der Waals surface area contributed by atoms with Gasteiger partial charge in [-0.05, 0) is 48.7 Å². The van der Waals surface area contributed by atoms with Crippen LogP contribution < -0.4 is 15.5 Å². The number of hydrogen-bond acceptors (Lipinski definition) is 4. The molecule has 0 spiro atoms. The van der Waals surface area contributed by atoms with E-state index in [9.17, 15) is 9.90 Å². The Morgan fingerprint density at radius 1 is 1.21 bits per heavy atom. The van der Waals surface area contributed by atoms with E-state index in [2.05, 4.69) is 20.6 Å². The summed E-state index contributed by atoms with van der Waals surface area (Å²) in [6, 6.07) is 11.5. The number of aliphatic hydroxyl groups is 1. The summed E-state index contributed by atoms with van der Waals surface area (Å²) in [5.41, 5.74) is 2.81. The van der Waals surface area contributed by atoms with Crippen LogP contribution in [0.25, 0.3) is 0 Å². The Morgan fingerprint density at radius 3 is 2.61 bits per heavy atom. The number of amides is 1. The first-order valence-corrected chi connectivity index (χ1v) is 9.67. The summed E-state index contributed by atoms with van der Waals surface area (Å²) in [4.78, 5) is 22.2. The zero-order chi connectivity index (χ0) is 19.8. The highest BCUT2D eigenvalue weighted by Gasteiger charge is 2.21. The summed E-state index contributed by atoms with van der Waals surface area (Å²) in [5, 5.41) is 16.6. The monoisotopic (exact) mass is 381 g/mol. The topological polar surface area (TPSA) is 89.9 Å². The van der Waals surface area contributed by atoms with Gasteiger partial charge in [-0.1, -0.05) is 12.1 Å². The van der Waals surface area contributed by atoms with Gasteiger partial charge in [0.25, 0.3) is 0 Å². The van der Waals surface area contributed by atoms with Crippen molar-refractivity contribution in [2.24, 2.45) is 4.99 Å². The molecule has 2 aromatic rings. The van der Waals surface area contributed by atoms with Crippen LogP contribution in [0.5, 0.6) is 0 Å². The van der Waals surface area contributed by atoms with Crippen LogP contribution in [0.15, 0.2) is 53.8 Å². The van der Waals surface area contributed by atoms with Crippen LogP contribution in [0.1, 0.15) is 37.0 Å². The van der Waals surface area contributed by atoms with E-state index in [0.717, 1.165) is 36.3 Å². The minimum absolute atomic E-state index is 0.192. The zero-order valence-electron chi connectivity index (χ0n) is 16.1. The highest BCUT2D eigenvalue weighted by Crippen LogP contribution is 2.21. The fourth-order valence-electron chi connectivity index (χ4n) is 3.11. The van der Waals surface area contributed by atoms with Crippen LogP contribution in [0.2, 0.25) is 0 Å². The molecule has 28 heavy (non-hydrogen) atoms. The van der Waals surface area contributed by atoms with Gasteiger partial charge in [0.2, 0.25) is 5.91 Å². The standard InChI is InChI=1S/C21H27N5O2/c1-2-23-21(25-15-19(27)17-9-11-22-12-10-17)24-14-16-5-7-18(8-6-16)26-13-3-4-20(26)28/h5-12,19,27H,2-4,13-15H2,1H3,(H2,23,24,25). The van der Waals surface area contributed by atoms with E-state index in [1.165, 1.54) is 0 Å². The Balaban J connectivity index is 1.57. The molecule has 1 aliphatic rings. The van der Waals surface area contributed by atoms with Gasteiger partial charge in [-0.3, -0.25) is 9.78 Å². The summed E-state index contributed by atoms with van der Waals surface area (Å²) < 4.78 is 0. The number of aliphatic hydroxyl groups excluding tert-OH is 1. The number of nitrogens with one attached hydrogen (secondary N) is 2. The Labute approximate surface area is 165 Å². The smallest absolute Gasteiger partial charge is 0.227 e. The van der Waals surface area contributed by atoms with Gasteiger partial charge in [0.05, 0.1) is 12.6 Å². The molecule has 1 aromatic carbocycles.